The first kappa shape index (κ1) is 17.2. The molecule has 0 atom stereocenters. The lowest BCUT2D eigenvalue weighted by Crippen LogP contribution is -2.42. The summed E-state index contributed by atoms with van der Waals surface area (Å²) in [6, 6.07) is 3.81. The van der Waals surface area contributed by atoms with Crippen LogP contribution in [0, 0.1) is 0 Å². The number of hydrogen-bond donors (Lipinski definition) is 1. The molecule has 134 valence electrons. The fourth-order valence-corrected chi connectivity index (χ4v) is 2.81. The molecule has 0 bridgehead atoms. The van der Waals surface area contributed by atoms with E-state index in [-0.39, 0.29) is 12.1 Å². The van der Waals surface area contributed by atoms with Crippen molar-refractivity contribution in [3.8, 4) is 11.3 Å². The van der Waals surface area contributed by atoms with Gasteiger partial charge in [0, 0.05) is 24.8 Å². The number of hydrogen-bond acceptors (Lipinski definition) is 6. The van der Waals surface area contributed by atoms with Crippen molar-refractivity contribution in [3.05, 3.63) is 24.5 Å². The predicted octanol–water partition coefficient (Wildman–Crippen LogP) is 2.49. The normalized spacial score (nSPS) is 16.0. The highest BCUT2D eigenvalue weighted by atomic mass is 16.6. The van der Waals surface area contributed by atoms with Gasteiger partial charge in [-0.25, -0.2) is 4.79 Å². The van der Waals surface area contributed by atoms with Crippen molar-refractivity contribution in [1.29, 1.82) is 0 Å². The molecule has 1 fully saturated rings. The standard InChI is InChI=1S/C17H24N6O2/c1-17(2,3)25-16(24)22-8-6-13(7-9-22)23-11-12(10-19-23)14-4-5-15(18)21-20-14/h4-5,10-11,13H,6-9H2,1-3H3,(H2,18,21). The molecule has 3 rings (SSSR count). The summed E-state index contributed by atoms with van der Waals surface area (Å²) >= 11 is 0. The summed E-state index contributed by atoms with van der Waals surface area (Å²) in [7, 11) is 0. The molecule has 1 aliphatic rings. The summed E-state index contributed by atoms with van der Waals surface area (Å²) in [4.78, 5) is 13.9. The van der Waals surface area contributed by atoms with Crippen molar-refractivity contribution in [2.75, 3.05) is 18.8 Å². The smallest absolute Gasteiger partial charge is 0.410 e. The van der Waals surface area contributed by atoms with Gasteiger partial charge in [0.15, 0.2) is 0 Å². The number of piperidine rings is 1. The average molecular weight is 344 g/mol. The van der Waals surface area contributed by atoms with Crippen LogP contribution in [0.5, 0.6) is 0 Å². The monoisotopic (exact) mass is 344 g/mol. The molecule has 8 nitrogen and oxygen atoms in total. The van der Waals surface area contributed by atoms with Crippen LogP contribution >= 0.6 is 0 Å². The molecule has 0 unspecified atom stereocenters. The Morgan fingerprint density at radius 3 is 2.56 bits per heavy atom. The molecular formula is C17H24N6O2. The van der Waals surface area contributed by atoms with Crippen molar-refractivity contribution < 1.29 is 9.53 Å². The van der Waals surface area contributed by atoms with E-state index in [1.807, 2.05) is 37.7 Å². The first-order chi connectivity index (χ1) is 11.8. The van der Waals surface area contributed by atoms with Gasteiger partial charge in [0.2, 0.25) is 0 Å². The number of nitrogens with two attached hydrogens (primary N) is 1. The van der Waals surface area contributed by atoms with Crippen molar-refractivity contribution in [1.82, 2.24) is 24.9 Å². The fraction of sp³-hybridized carbons (Fsp3) is 0.529. The molecule has 1 aliphatic heterocycles. The molecule has 0 radical (unpaired) electrons. The molecule has 2 aromatic rings. The highest BCUT2D eigenvalue weighted by Crippen LogP contribution is 2.25. The Balaban J connectivity index is 1.60. The minimum atomic E-state index is -0.467. The van der Waals surface area contributed by atoms with Crippen LogP contribution in [0.1, 0.15) is 39.7 Å². The molecule has 0 aliphatic carbocycles. The number of ether oxygens (including phenoxy) is 1. The molecular weight excluding hydrogens is 320 g/mol. The van der Waals surface area contributed by atoms with Crippen LogP contribution in [-0.2, 0) is 4.74 Å². The van der Waals surface area contributed by atoms with E-state index in [1.54, 1.807) is 17.2 Å². The van der Waals surface area contributed by atoms with E-state index in [0.717, 1.165) is 24.1 Å². The lowest BCUT2D eigenvalue weighted by Gasteiger charge is -2.33. The predicted molar refractivity (Wildman–Crippen MR) is 93.7 cm³/mol. The lowest BCUT2D eigenvalue weighted by molar-refractivity contribution is 0.0185. The number of nitrogen functional groups attached to an aromatic ring is 1. The number of carbonyl (C=O) groups excluding carboxylic acids is 1. The summed E-state index contributed by atoms with van der Waals surface area (Å²) in [6.07, 6.45) is 5.18. The maximum Gasteiger partial charge on any atom is 0.410 e. The van der Waals surface area contributed by atoms with Crippen LogP contribution in [0.25, 0.3) is 11.3 Å². The van der Waals surface area contributed by atoms with Gasteiger partial charge in [-0.1, -0.05) is 0 Å². The van der Waals surface area contributed by atoms with Gasteiger partial charge >= 0.3 is 6.09 Å². The number of amides is 1. The fourth-order valence-electron chi connectivity index (χ4n) is 2.81. The first-order valence-corrected chi connectivity index (χ1v) is 8.43. The second-order valence-corrected chi connectivity index (χ2v) is 7.25. The van der Waals surface area contributed by atoms with E-state index in [1.165, 1.54) is 0 Å². The average Bonchev–Trinajstić information content (AvgIpc) is 3.04. The third-order valence-electron chi connectivity index (χ3n) is 4.07. The summed E-state index contributed by atoms with van der Waals surface area (Å²) in [5.41, 5.74) is 6.75. The van der Waals surface area contributed by atoms with Gasteiger partial charge in [-0.2, -0.15) is 5.10 Å². The molecule has 2 aromatic heterocycles. The van der Waals surface area contributed by atoms with Crippen molar-refractivity contribution >= 4 is 11.9 Å². The Labute approximate surface area is 147 Å². The van der Waals surface area contributed by atoms with Gasteiger partial charge in [-0.15, -0.1) is 10.2 Å². The second-order valence-electron chi connectivity index (χ2n) is 7.25. The van der Waals surface area contributed by atoms with E-state index in [0.29, 0.717) is 18.9 Å². The molecule has 1 amide bonds. The van der Waals surface area contributed by atoms with E-state index in [4.69, 9.17) is 10.5 Å². The minimum Gasteiger partial charge on any atom is -0.444 e. The molecule has 8 heteroatoms. The SMILES string of the molecule is CC(C)(C)OC(=O)N1CCC(n2cc(-c3ccc(N)nn3)cn2)CC1. The van der Waals surface area contributed by atoms with Crippen molar-refractivity contribution in [3.63, 3.8) is 0 Å². The summed E-state index contributed by atoms with van der Waals surface area (Å²) < 4.78 is 7.37. The van der Waals surface area contributed by atoms with E-state index in [2.05, 4.69) is 15.3 Å². The molecule has 3 heterocycles. The summed E-state index contributed by atoms with van der Waals surface area (Å²) in [5.74, 6) is 0.394. The maximum absolute atomic E-state index is 12.1. The highest BCUT2D eigenvalue weighted by molar-refractivity contribution is 5.68. The van der Waals surface area contributed by atoms with Crippen LogP contribution in [0.15, 0.2) is 24.5 Å². The maximum atomic E-state index is 12.1. The Hall–Kier alpha value is -2.64. The highest BCUT2D eigenvalue weighted by Gasteiger charge is 2.27. The molecule has 2 N–H and O–H groups in total. The Morgan fingerprint density at radius 1 is 1.24 bits per heavy atom. The zero-order chi connectivity index (χ0) is 18.0. The zero-order valence-corrected chi connectivity index (χ0v) is 14.8. The minimum absolute atomic E-state index is 0.246. The largest absolute Gasteiger partial charge is 0.444 e. The summed E-state index contributed by atoms with van der Waals surface area (Å²) in [5, 5.41) is 12.4. The van der Waals surface area contributed by atoms with Crippen LogP contribution < -0.4 is 5.73 Å². The molecule has 25 heavy (non-hydrogen) atoms. The van der Waals surface area contributed by atoms with Gasteiger partial charge in [0.05, 0.1) is 17.9 Å². The third-order valence-corrected chi connectivity index (χ3v) is 4.07. The summed E-state index contributed by atoms with van der Waals surface area (Å²) in [6.45, 7) is 6.96. The Bertz CT molecular complexity index is 726. The lowest BCUT2D eigenvalue weighted by atomic mass is 10.1. The number of nitrogens with zero attached hydrogens (tertiary/aromatic N) is 5. The van der Waals surface area contributed by atoms with E-state index < -0.39 is 5.60 Å². The van der Waals surface area contributed by atoms with Crippen LogP contribution in [0.3, 0.4) is 0 Å². The Morgan fingerprint density at radius 2 is 1.96 bits per heavy atom. The quantitative estimate of drug-likeness (QED) is 0.898. The van der Waals surface area contributed by atoms with E-state index in [9.17, 15) is 4.79 Å². The number of aromatic nitrogens is 4. The zero-order valence-electron chi connectivity index (χ0n) is 14.8. The van der Waals surface area contributed by atoms with Gasteiger partial charge in [0.1, 0.15) is 11.4 Å². The third kappa shape index (κ3) is 4.26. The molecule has 1 saturated heterocycles. The molecule has 0 saturated carbocycles. The number of rotatable bonds is 2. The van der Waals surface area contributed by atoms with E-state index >= 15 is 0 Å². The van der Waals surface area contributed by atoms with Crippen molar-refractivity contribution in [2.45, 2.75) is 45.3 Å². The first-order valence-electron chi connectivity index (χ1n) is 8.43. The van der Waals surface area contributed by atoms with Gasteiger partial charge in [-0.05, 0) is 45.7 Å². The number of carbonyl (C=O) groups is 1. The van der Waals surface area contributed by atoms with Gasteiger partial charge in [0.25, 0.3) is 0 Å². The number of likely N-dealkylation sites (tertiary alicyclic amines) is 1. The van der Waals surface area contributed by atoms with Crippen LogP contribution in [0.2, 0.25) is 0 Å². The second kappa shape index (κ2) is 6.70. The molecule has 0 spiro atoms. The van der Waals surface area contributed by atoms with Gasteiger partial charge < -0.3 is 15.4 Å². The van der Waals surface area contributed by atoms with Crippen LogP contribution in [0.4, 0.5) is 10.6 Å². The topological polar surface area (TPSA) is 99.2 Å². The van der Waals surface area contributed by atoms with Crippen LogP contribution in [-0.4, -0.2) is 49.7 Å². The molecule has 0 aromatic carbocycles. The van der Waals surface area contributed by atoms with Crippen molar-refractivity contribution in [2.24, 2.45) is 0 Å². The van der Waals surface area contributed by atoms with Gasteiger partial charge in [-0.3, -0.25) is 4.68 Å². The Kier molecular flexibility index (Phi) is 4.61. The number of anilines is 1.